The first-order valence-electron chi connectivity index (χ1n) is 6.19. The van der Waals surface area contributed by atoms with Gasteiger partial charge in [0, 0.05) is 18.7 Å². The van der Waals surface area contributed by atoms with Crippen LogP contribution in [0.3, 0.4) is 0 Å². The minimum atomic E-state index is -0.569. The first kappa shape index (κ1) is 15.4. The third-order valence-electron chi connectivity index (χ3n) is 2.73. The Balaban J connectivity index is 2.62. The second-order valence-corrected chi connectivity index (χ2v) is 5.82. The Morgan fingerprint density at radius 3 is 2.58 bits per heavy atom. The number of halogens is 1. The molecular weight excluding hydrogens is 245 g/mol. The van der Waals surface area contributed by atoms with Gasteiger partial charge in [0.15, 0.2) is 0 Å². The molecule has 0 aliphatic carbocycles. The van der Waals surface area contributed by atoms with Crippen molar-refractivity contribution in [3.05, 3.63) is 29.6 Å². The highest BCUT2D eigenvalue weighted by Crippen LogP contribution is 2.15. The predicted octanol–water partition coefficient (Wildman–Crippen LogP) is 1.73. The number of anilines is 1. The molecule has 0 aromatic heterocycles. The Bertz CT molecular complexity index is 458. The second-order valence-electron chi connectivity index (χ2n) is 5.82. The molecule has 0 bridgehead atoms. The van der Waals surface area contributed by atoms with E-state index >= 15 is 0 Å². The fraction of sp³-hybridized carbons (Fsp3) is 0.500. The molecule has 1 aromatic rings. The zero-order valence-corrected chi connectivity index (χ0v) is 12.0. The van der Waals surface area contributed by atoms with Gasteiger partial charge in [0.25, 0.3) is 5.91 Å². The van der Waals surface area contributed by atoms with Gasteiger partial charge in [0.1, 0.15) is 5.82 Å². The molecule has 1 aromatic carbocycles. The fourth-order valence-corrected chi connectivity index (χ4v) is 2.00. The SMILES string of the molecule is CN(C)CC(C)(C)CNC(=O)c1ccc(N)c(F)c1. The predicted molar refractivity (Wildman–Crippen MR) is 75.5 cm³/mol. The van der Waals surface area contributed by atoms with Gasteiger partial charge in [-0.25, -0.2) is 4.39 Å². The lowest BCUT2D eigenvalue weighted by molar-refractivity contribution is 0.0929. The number of hydrogen-bond acceptors (Lipinski definition) is 3. The molecule has 0 fully saturated rings. The first-order chi connectivity index (χ1) is 8.71. The number of nitrogens with one attached hydrogen (secondary N) is 1. The standard InChI is InChI=1S/C14H22FN3O/c1-14(2,9-18(3)4)8-17-13(19)10-5-6-12(16)11(15)7-10/h5-7H,8-9,16H2,1-4H3,(H,17,19). The molecule has 1 amide bonds. The summed E-state index contributed by atoms with van der Waals surface area (Å²) in [5.74, 6) is -0.856. The number of nitrogen functional groups attached to an aromatic ring is 1. The van der Waals surface area contributed by atoms with Crippen LogP contribution in [0.15, 0.2) is 18.2 Å². The smallest absolute Gasteiger partial charge is 0.251 e. The van der Waals surface area contributed by atoms with Crippen molar-refractivity contribution in [3.63, 3.8) is 0 Å². The van der Waals surface area contributed by atoms with Gasteiger partial charge in [-0.3, -0.25) is 4.79 Å². The number of nitrogens with zero attached hydrogens (tertiary/aromatic N) is 1. The molecule has 0 aliphatic rings. The lowest BCUT2D eigenvalue weighted by Crippen LogP contribution is -2.40. The van der Waals surface area contributed by atoms with Gasteiger partial charge in [-0.05, 0) is 37.7 Å². The van der Waals surface area contributed by atoms with Crippen LogP contribution in [0.4, 0.5) is 10.1 Å². The Hall–Kier alpha value is -1.62. The van der Waals surface area contributed by atoms with Gasteiger partial charge in [-0.2, -0.15) is 0 Å². The molecule has 0 saturated heterocycles. The van der Waals surface area contributed by atoms with Crippen molar-refractivity contribution < 1.29 is 9.18 Å². The summed E-state index contributed by atoms with van der Waals surface area (Å²) >= 11 is 0. The molecule has 4 nitrogen and oxygen atoms in total. The lowest BCUT2D eigenvalue weighted by atomic mass is 9.93. The molecule has 5 heteroatoms. The van der Waals surface area contributed by atoms with Crippen LogP contribution in [0.5, 0.6) is 0 Å². The van der Waals surface area contributed by atoms with Crippen LogP contribution in [0.1, 0.15) is 24.2 Å². The molecular formula is C14H22FN3O. The third kappa shape index (κ3) is 4.87. The van der Waals surface area contributed by atoms with Crippen molar-refractivity contribution in [2.75, 3.05) is 32.9 Å². The number of carbonyl (C=O) groups is 1. The highest BCUT2D eigenvalue weighted by atomic mass is 19.1. The summed E-state index contributed by atoms with van der Waals surface area (Å²) in [7, 11) is 3.97. The van der Waals surface area contributed by atoms with E-state index in [1.807, 2.05) is 14.1 Å². The fourth-order valence-electron chi connectivity index (χ4n) is 2.00. The average molecular weight is 267 g/mol. The molecule has 1 rings (SSSR count). The summed E-state index contributed by atoms with van der Waals surface area (Å²) in [6, 6.07) is 4.07. The minimum Gasteiger partial charge on any atom is -0.396 e. The second kappa shape index (κ2) is 6.02. The topological polar surface area (TPSA) is 58.4 Å². The minimum absolute atomic E-state index is 0.0458. The van der Waals surface area contributed by atoms with Crippen LogP contribution in [0.25, 0.3) is 0 Å². The Kier molecular flexibility index (Phi) is 4.89. The van der Waals surface area contributed by atoms with Crippen LogP contribution in [0, 0.1) is 11.2 Å². The van der Waals surface area contributed by atoms with Gasteiger partial charge < -0.3 is 16.0 Å². The van der Waals surface area contributed by atoms with Gasteiger partial charge in [0.2, 0.25) is 0 Å². The lowest BCUT2D eigenvalue weighted by Gasteiger charge is -2.28. The summed E-state index contributed by atoms with van der Waals surface area (Å²) < 4.78 is 13.3. The van der Waals surface area contributed by atoms with Crippen LogP contribution >= 0.6 is 0 Å². The third-order valence-corrected chi connectivity index (χ3v) is 2.73. The zero-order chi connectivity index (χ0) is 14.6. The van der Waals surface area contributed by atoms with Crippen molar-refractivity contribution in [1.82, 2.24) is 10.2 Å². The molecule has 0 saturated carbocycles. The van der Waals surface area contributed by atoms with Crippen LogP contribution in [-0.4, -0.2) is 38.0 Å². The average Bonchev–Trinajstić information content (AvgIpc) is 2.28. The Morgan fingerprint density at radius 1 is 1.42 bits per heavy atom. The van der Waals surface area contributed by atoms with Crippen molar-refractivity contribution in [2.45, 2.75) is 13.8 Å². The van der Waals surface area contributed by atoms with E-state index in [4.69, 9.17) is 5.73 Å². The molecule has 106 valence electrons. The van der Waals surface area contributed by atoms with Gasteiger partial charge in [0.05, 0.1) is 5.69 Å². The number of hydrogen-bond donors (Lipinski definition) is 2. The molecule has 0 spiro atoms. The van der Waals surface area contributed by atoms with E-state index in [9.17, 15) is 9.18 Å². The van der Waals surface area contributed by atoms with E-state index in [1.54, 1.807) is 0 Å². The summed E-state index contributed by atoms with van der Waals surface area (Å²) in [5.41, 5.74) is 5.65. The number of amides is 1. The van der Waals surface area contributed by atoms with E-state index in [-0.39, 0.29) is 22.6 Å². The number of benzene rings is 1. The van der Waals surface area contributed by atoms with E-state index < -0.39 is 5.82 Å². The van der Waals surface area contributed by atoms with Crippen LogP contribution in [-0.2, 0) is 0 Å². The van der Waals surface area contributed by atoms with Crippen molar-refractivity contribution in [3.8, 4) is 0 Å². The van der Waals surface area contributed by atoms with Crippen molar-refractivity contribution >= 4 is 11.6 Å². The Morgan fingerprint density at radius 2 is 2.05 bits per heavy atom. The van der Waals surface area contributed by atoms with Crippen molar-refractivity contribution in [2.24, 2.45) is 5.41 Å². The zero-order valence-electron chi connectivity index (χ0n) is 12.0. The van der Waals surface area contributed by atoms with Crippen LogP contribution in [0.2, 0.25) is 0 Å². The molecule has 0 heterocycles. The highest BCUT2D eigenvalue weighted by Gasteiger charge is 2.20. The summed E-state index contributed by atoms with van der Waals surface area (Å²) in [5, 5.41) is 2.82. The van der Waals surface area contributed by atoms with Gasteiger partial charge >= 0.3 is 0 Å². The quantitative estimate of drug-likeness (QED) is 0.799. The molecule has 0 aliphatic heterocycles. The largest absolute Gasteiger partial charge is 0.396 e. The van der Waals surface area contributed by atoms with E-state index in [0.29, 0.717) is 6.54 Å². The first-order valence-corrected chi connectivity index (χ1v) is 6.19. The number of rotatable bonds is 5. The monoisotopic (exact) mass is 267 g/mol. The van der Waals surface area contributed by atoms with Crippen LogP contribution < -0.4 is 11.1 Å². The normalized spacial score (nSPS) is 11.7. The van der Waals surface area contributed by atoms with E-state index in [0.717, 1.165) is 12.6 Å². The molecule has 0 atom stereocenters. The maximum Gasteiger partial charge on any atom is 0.251 e. The van der Waals surface area contributed by atoms with Gasteiger partial charge in [-0.1, -0.05) is 13.8 Å². The molecule has 19 heavy (non-hydrogen) atoms. The summed E-state index contributed by atoms with van der Waals surface area (Å²) in [6.45, 7) is 5.51. The molecule has 3 N–H and O–H groups in total. The number of carbonyl (C=O) groups excluding carboxylic acids is 1. The molecule has 0 radical (unpaired) electrons. The van der Waals surface area contributed by atoms with Gasteiger partial charge in [-0.15, -0.1) is 0 Å². The summed E-state index contributed by atoms with van der Waals surface area (Å²) in [4.78, 5) is 14.0. The Labute approximate surface area is 113 Å². The maximum absolute atomic E-state index is 13.3. The summed E-state index contributed by atoms with van der Waals surface area (Å²) in [6.07, 6.45) is 0. The van der Waals surface area contributed by atoms with Crippen molar-refractivity contribution in [1.29, 1.82) is 0 Å². The maximum atomic E-state index is 13.3. The van der Waals surface area contributed by atoms with E-state index in [2.05, 4.69) is 24.1 Å². The van der Waals surface area contributed by atoms with E-state index in [1.165, 1.54) is 12.1 Å². The molecule has 0 unspecified atom stereocenters. The number of nitrogens with two attached hydrogens (primary N) is 1. The highest BCUT2D eigenvalue weighted by molar-refractivity contribution is 5.94.